The Bertz CT molecular complexity index is 1060. The SMILES string of the molecule is CCCCCCCC/C=C\CCCCCCCC(=O)OC[C@@H](COC(=O)CNCCCNCCCNCCCNCCCN)OC(=O)CCCCCCC/C=C\CCCCCCCC. The van der Waals surface area contributed by atoms with Crippen molar-refractivity contribution >= 4 is 17.9 Å². The summed E-state index contributed by atoms with van der Waals surface area (Å²) < 4.78 is 16.7. The minimum absolute atomic E-state index is 0.0653. The number of nitrogens with one attached hydrogen (secondary N) is 4. The minimum atomic E-state index is -0.825. The summed E-state index contributed by atoms with van der Waals surface area (Å²) in [4.78, 5) is 37.9. The monoisotopic (exact) mass is 906 g/mol. The standard InChI is InChI=1S/C53H103N5O6/c1-3-5-7-9-11-13-15-17-19-21-23-25-27-29-31-37-51(59)62-48-50(64-52(60)38-32-30-28-26-24-22-20-18-16-14-12-10-8-6-4-2)49-63-53(61)47-58-46-36-45-57-44-35-43-56-42-34-41-55-40-33-39-54/h17-20,50,55-58H,3-16,21-49,54H2,1-2H3/b19-17-,20-18-/t50-/m0/s1. The van der Waals surface area contributed by atoms with Crippen LogP contribution in [0.25, 0.3) is 0 Å². The summed E-state index contributed by atoms with van der Waals surface area (Å²) in [6, 6.07) is 0. The van der Waals surface area contributed by atoms with Gasteiger partial charge in [0.1, 0.15) is 13.2 Å². The molecule has 0 aromatic carbocycles. The number of carbonyl (C=O) groups is 3. The summed E-state index contributed by atoms with van der Waals surface area (Å²) >= 11 is 0. The van der Waals surface area contributed by atoms with Gasteiger partial charge in [-0.3, -0.25) is 14.4 Å². The number of esters is 3. The van der Waals surface area contributed by atoms with E-state index in [0.29, 0.717) is 19.4 Å². The van der Waals surface area contributed by atoms with Gasteiger partial charge in [-0.15, -0.1) is 0 Å². The van der Waals surface area contributed by atoms with E-state index < -0.39 is 12.1 Å². The molecule has 0 spiro atoms. The van der Waals surface area contributed by atoms with Crippen molar-refractivity contribution in [2.45, 2.75) is 225 Å². The van der Waals surface area contributed by atoms with Gasteiger partial charge in [0.05, 0.1) is 6.54 Å². The van der Waals surface area contributed by atoms with E-state index in [2.05, 4.69) is 59.4 Å². The van der Waals surface area contributed by atoms with Gasteiger partial charge in [0, 0.05) is 12.8 Å². The third-order valence-corrected chi connectivity index (χ3v) is 11.4. The van der Waals surface area contributed by atoms with Crippen LogP contribution in [0.15, 0.2) is 24.3 Å². The van der Waals surface area contributed by atoms with Crippen LogP contribution in [-0.4, -0.2) is 96.1 Å². The molecule has 0 unspecified atom stereocenters. The summed E-state index contributed by atoms with van der Waals surface area (Å²) in [6.45, 7) is 11.6. The maximum atomic E-state index is 12.8. The molecule has 0 heterocycles. The maximum absolute atomic E-state index is 12.8. The average Bonchev–Trinajstić information content (AvgIpc) is 3.29. The Labute approximate surface area is 394 Å². The molecule has 0 aliphatic heterocycles. The molecule has 64 heavy (non-hydrogen) atoms. The molecule has 0 rings (SSSR count). The molecule has 1 atom stereocenters. The van der Waals surface area contributed by atoms with Gasteiger partial charge < -0.3 is 41.2 Å². The predicted molar refractivity (Wildman–Crippen MR) is 270 cm³/mol. The molecule has 0 radical (unpaired) electrons. The molecular weight excluding hydrogens is 803 g/mol. The van der Waals surface area contributed by atoms with Crippen LogP contribution in [0.2, 0.25) is 0 Å². The second kappa shape index (κ2) is 53.3. The van der Waals surface area contributed by atoms with E-state index >= 15 is 0 Å². The van der Waals surface area contributed by atoms with Crippen molar-refractivity contribution < 1.29 is 28.6 Å². The zero-order chi connectivity index (χ0) is 46.5. The lowest BCUT2D eigenvalue weighted by molar-refractivity contribution is -0.166. The van der Waals surface area contributed by atoms with E-state index in [1.54, 1.807) is 0 Å². The Hall–Kier alpha value is -2.31. The van der Waals surface area contributed by atoms with Crippen molar-refractivity contribution in [3.05, 3.63) is 24.3 Å². The van der Waals surface area contributed by atoms with Crippen LogP contribution in [0.3, 0.4) is 0 Å². The molecule has 11 heteroatoms. The summed E-state index contributed by atoms with van der Waals surface area (Å²) in [6.07, 6.45) is 44.2. The zero-order valence-corrected chi connectivity index (χ0v) is 41.8. The number of ether oxygens (including phenoxy) is 3. The molecule has 376 valence electrons. The van der Waals surface area contributed by atoms with Crippen molar-refractivity contribution in [2.24, 2.45) is 5.73 Å². The molecule has 0 saturated carbocycles. The molecule has 0 aromatic heterocycles. The van der Waals surface area contributed by atoms with Gasteiger partial charge in [0.25, 0.3) is 0 Å². The molecule has 0 amide bonds. The smallest absolute Gasteiger partial charge is 0.320 e. The van der Waals surface area contributed by atoms with E-state index in [1.165, 1.54) is 103 Å². The van der Waals surface area contributed by atoms with E-state index in [9.17, 15) is 14.4 Å². The lowest BCUT2D eigenvalue weighted by Crippen LogP contribution is -2.33. The highest BCUT2D eigenvalue weighted by molar-refractivity contribution is 5.72. The third kappa shape index (κ3) is 50.7. The summed E-state index contributed by atoms with van der Waals surface area (Å²) in [5.41, 5.74) is 5.51. The lowest BCUT2D eigenvalue weighted by atomic mass is 10.1. The first kappa shape index (κ1) is 61.7. The molecule has 0 bridgehead atoms. The predicted octanol–water partition coefficient (Wildman–Crippen LogP) is 10.9. The summed E-state index contributed by atoms with van der Waals surface area (Å²) in [7, 11) is 0. The van der Waals surface area contributed by atoms with Gasteiger partial charge in [0.2, 0.25) is 0 Å². The number of nitrogens with two attached hydrogens (primary N) is 1. The highest BCUT2D eigenvalue weighted by Crippen LogP contribution is 2.13. The van der Waals surface area contributed by atoms with Gasteiger partial charge >= 0.3 is 17.9 Å². The molecule has 0 aliphatic carbocycles. The van der Waals surface area contributed by atoms with Crippen LogP contribution in [0.1, 0.15) is 219 Å². The number of allylic oxidation sites excluding steroid dienone is 4. The van der Waals surface area contributed by atoms with E-state index in [-0.39, 0.29) is 31.7 Å². The number of hydrogen-bond donors (Lipinski definition) is 5. The van der Waals surface area contributed by atoms with Crippen LogP contribution >= 0.6 is 0 Å². The fourth-order valence-electron chi connectivity index (χ4n) is 7.34. The summed E-state index contributed by atoms with van der Waals surface area (Å²) in [5, 5.41) is 13.4. The van der Waals surface area contributed by atoms with Crippen molar-refractivity contribution in [3.8, 4) is 0 Å². The topological polar surface area (TPSA) is 153 Å². The fourth-order valence-corrected chi connectivity index (χ4v) is 7.34. The Kier molecular flexibility index (Phi) is 51.4. The highest BCUT2D eigenvalue weighted by Gasteiger charge is 2.19. The third-order valence-electron chi connectivity index (χ3n) is 11.4. The molecular formula is C53H103N5O6. The van der Waals surface area contributed by atoms with Crippen LogP contribution in [-0.2, 0) is 28.6 Å². The van der Waals surface area contributed by atoms with Crippen LogP contribution in [0.5, 0.6) is 0 Å². The van der Waals surface area contributed by atoms with Crippen molar-refractivity contribution in [1.29, 1.82) is 0 Å². The second-order valence-electron chi connectivity index (χ2n) is 17.8. The number of rotatable bonds is 52. The number of hydrogen-bond acceptors (Lipinski definition) is 11. The van der Waals surface area contributed by atoms with Crippen LogP contribution in [0, 0.1) is 0 Å². The molecule has 11 nitrogen and oxygen atoms in total. The first-order valence-corrected chi connectivity index (χ1v) is 26.9. The Balaban J connectivity index is 4.35. The van der Waals surface area contributed by atoms with Crippen LogP contribution < -0.4 is 27.0 Å². The van der Waals surface area contributed by atoms with E-state index in [0.717, 1.165) is 136 Å². The van der Waals surface area contributed by atoms with Crippen molar-refractivity contribution in [2.75, 3.05) is 72.1 Å². The molecule has 6 N–H and O–H groups in total. The van der Waals surface area contributed by atoms with Gasteiger partial charge in [-0.05, 0) is 142 Å². The quantitative estimate of drug-likeness (QED) is 0.0172. The van der Waals surface area contributed by atoms with Gasteiger partial charge in [-0.25, -0.2) is 0 Å². The van der Waals surface area contributed by atoms with Gasteiger partial charge in [-0.1, -0.05) is 141 Å². The molecule has 0 fully saturated rings. The first-order chi connectivity index (χ1) is 31.5. The zero-order valence-electron chi connectivity index (χ0n) is 41.8. The number of carbonyl (C=O) groups excluding carboxylic acids is 3. The van der Waals surface area contributed by atoms with E-state index in [4.69, 9.17) is 19.9 Å². The summed E-state index contributed by atoms with van der Waals surface area (Å²) in [5.74, 6) is -1.08. The molecule has 0 aromatic rings. The Morgan fingerprint density at radius 1 is 0.406 bits per heavy atom. The minimum Gasteiger partial charge on any atom is -0.462 e. The van der Waals surface area contributed by atoms with E-state index in [1.807, 2.05) is 0 Å². The van der Waals surface area contributed by atoms with Crippen LogP contribution in [0.4, 0.5) is 0 Å². The van der Waals surface area contributed by atoms with Gasteiger partial charge in [0.15, 0.2) is 6.10 Å². The Morgan fingerprint density at radius 2 is 0.750 bits per heavy atom. The average molecular weight is 906 g/mol. The lowest BCUT2D eigenvalue weighted by Gasteiger charge is -2.18. The molecule has 0 saturated heterocycles. The normalized spacial score (nSPS) is 12.1. The largest absolute Gasteiger partial charge is 0.462 e. The van der Waals surface area contributed by atoms with Gasteiger partial charge in [-0.2, -0.15) is 0 Å². The second-order valence-corrected chi connectivity index (χ2v) is 17.8. The van der Waals surface area contributed by atoms with Crippen molar-refractivity contribution in [3.63, 3.8) is 0 Å². The fraction of sp³-hybridized carbons (Fsp3) is 0.868. The highest BCUT2D eigenvalue weighted by atomic mass is 16.6. The maximum Gasteiger partial charge on any atom is 0.320 e. The van der Waals surface area contributed by atoms with Crippen molar-refractivity contribution in [1.82, 2.24) is 21.3 Å². The first-order valence-electron chi connectivity index (χ1n) is 26.9. The molecule has 0 aliphatic rings. The Morgan fingerprint density at radius 3 is 1.17 bits per heavy atom. The number of unbranched alkanes of at least 4 members (excludes halogenated alkanes) is 22.